The number of carboxylic acids is 1. The molecule has 1 amide bonds. The fourth-order valence-electron chi connectivity index (χ4n) is 1.40. The Kier molecular flexibility index (Phi) is 3.34. The number of anilines is 2. The summed E-state index contributed by atoms with van der Waals surface area (Å²) in [5.41, 5.74) is 5.37. The number of hydrogen-bond donors (Lipinski definition) is 4. The molecule has 0 bridgehead atoms. The third-order valence-corrected chi connectivity index (χ3v) is 2.91. The van der Waals surface area contributed by atoms with Crippen LogP contribution in [0.2, 0.25) is 0 Å². The van der Waals surface area contributed by atoms with Crippen molar-refractivity contribution in [3.05, 3.63) is 34.8 Å². The van der Waals surface area contributed by atoms with E-state index in [4.69, 9.17) is 10.8 Å². The van der Waals surface area contributed by atoms with Crippen molar-refractivity contribution in [3.63, 3.8) is 0 Å². The predicted molar refractivity (Wildman–Crippen MR) is 69.5 cm³/mol. The molecule has 0 fully saturated rings. The topological polar surface area (TPSA) is 126 Å². The summed E-state index contributed by atoms with van der Waals surface area (Å²) in [6.07, 6.45) is 0. The van der Waals surface area contributed by atoms with Gasteiger partial charge in [0.25, 0.3) is 5.91 Å². The van der Waals surface area contributed by atoms with E-state index in [1.54, 1.807) is 0 Å². The van der Waals surface area contributed by atoms with E-state index >= 15 is 0 Å². The van der Waals surface area contributed by atoms with Crippen LogP contribution in [0.3, 0.4) is 0 Å². The molecule has 5 N–H and O–H groups in total. The number of carbonyl (C=O) groups is 2. The fraction of sp³-hybridized carbons (Fsp3) is 0. The number of carboxylic acid groups (broad SMARTS) is 1. The van der Waals surface area contributed by atoms with Crippen LogP contribution < -0.4 is 11.1 Å². The molecule has 1 aromatic carbocycles. The van der Waals surface area contributed by atoms with Crippen LogP contribution in [0.1, 0.15) is 20.8 Å². The zero-order chi connectivity index (χ0) is 14.0. The largest absolute Gasteiger partial charge is 0.508 e. The Bertz CT molecular complexity index is 653. The number of amides is 1. The highest BCUT2D eigenvalue weighted by Gasteiger charge is 2.16. The van der Waals surface area contributed by atoms with Crippen molar-refractivity contribution in [2.45, 2.75) is 0 Å². The van der Waals surface area contributed by atoms with Crippen LogP contribution in [0.5, 0.6) is 5.75 Å². The Hall–Kier alpha value is -2.61. The normalized spacial score (nSPS) is 10.1. The van der Waals surface area contributed by atoms with Gasteiger partial charge in [0.15, 0.2) is 5.13 Å². The molecule has 2 aromatic rings. The van der Waals surface area contributed by atoms with E-state index in [-0.39, 0.29) is 27.8 Å². The molecular weight excluding hydrogens is 270 g/mol. The SMILES string of the molecule is Nc1nc(C(=O)Nc2ccc(O)cc2C(=O)O)cs1. The van der Waals surface area contributed by atoms with Gasteiger partial charge in [-0.3, -0.25) is 4.79 Å². The Morgan fingerprint density at radius 1 is 1.37 bits per heavy atom. The molecule has 0 aliphatic carbocycles. The van der Waals surface area contributed by atoms with E-state index in [1.807, 2.05) is 0 Å². The first-order valence-electron chi connectivity index (χ1n) is 5.06. The van der Waals surface area contributed by atoms with Gasteiger partial charge in [-0.05, 0) is 18.2 Å². The molecule has 0 aliphatic heterocycles. The number of aromatic nitrogens is 1. The summed E-state index contributed by atoms with van der Waals surface area (Å²) in [6, 6.07) is 3.62. The average Bonchev–Trinajstić information content (AvgIpc) is 2.78. The molecular formula is C11H9N3O4S. The van der Waals surface area contributed by atoms with Crippen molar-refractivity contribution in [1.29, 1.82) is 0 Å². The van der Waals surface area contributed by atoms with Gasteiger partial charge in [-0.25, -0.2) is 9.78 Å². The molecule has 8 heteroatoms. The lowest BCUT2D eigenvalue weighted by molar-refractivity contribution is 0.0697. The minimum atomic E-state index is -1.26. The predicted octanol–water partition coefficient (Wildman–Crippen LogP) is 1.38. The number of rotatable bonds is 3. The molecule has 2 rings (SSSR count). The second-order valence-electron chi connectivity index (χ2n) is 3.56. The molecule has 1 aromatic heterocycles. The first kappa shape index (κ1) is 12.8. The lowest BCUT2D eigenvalue weighted by atomic mass is 10.1. The molecule has 19 heavy (non-hydrogen) atoms. The second-order valence-corrected chi connectivity index (χ2v) is 4.45. The highest BCUT2D eigenvalue weighted by Crippen LogP contribution is 2.22. The zero-order valence-corrected chi connectivity index (χ0v) is 10.3. The van der Waals surface area contributed by atoms with E-state index in [0.29, 0.717) is 0 Å². The number of nitrogen functional groups attached to an aromatic ring is 1. The summed E-state index contributed by atoms with van der Waals surface area (Å²) in [6.45, 7) is 0. The van der Waals surface area contributed by atoms with Crippen molar-refractivity contribution >= 4 is 34.0 Å². The minimum absolute atomic E-state index is 0.0712. The first-order valence-corrected chi connectivity index (χ1v) is 5.94. The van der Waals surface area contributed by atoms with Gasteiger partial charge >= 0.3 is 5.97 Å². The molecule has 0 spiro atoms. The molecule has 0 atom stereocenters. The third kappa shape index (κ3) is 2.80. The highest BCUT2D eigenvalue weighted by atomic mass is 32.1. The standard InChI is InChI=1S/C11H9N3O4S/c12-11-14-8(4-19-11)9(16)13-7-2-1-5(15)3-6(7)10(17)18/h1-4,15H,(H2,12,14)(H,13,16)(H,17,18). The van der Waals surface area contributed by atoms with Crippen LogP contribution in [0.15, 0.2) is 23.6 Å². The summed E-state index contributed by atoms with van der Waals surface area (Å²) in [7, 11) is 0. The van der Waals surface area contributed by atoms with E-state index < -0.39 is 11.9 Å². The molecule has 0 saturated carbocycles. The summed E-state index contributed by atoms with van der Waals surface area (Å²) >= 11 is 1.11. The van der Waals surface area contributed by atoms with E-state index in [9.17, 15) is 14.7 Å². The lowest BCUT2D eigenvalue weighted by Gasteiger charge is -2.07. The van der Waals surface area contributed by atoms with Crippen molar-refractivity contribution < 1.29 is 19.8 Å². The number of phenols is 1. The highest BCUT2D eigenvalue weighted by molar-refractivity contribution is 7.13. The van der Waals surface area contributed by atoms with Gasteiger partial charge in [-0.1, -0.05) is 0 Å². The molecule has 0 saturated heterocycles. The Balaban J connectivity index is 2.28. The van der Waals surface area contributed by atoms with Crippen LogP contribution >= 0.6 is 11.3 Å². The molecule has 0 unspecified atom stereocenters. The Morgan fingerprint density at radius 3 is 2.68 bits per heavy atom. The molecule has 0 aliphatic rings. The number of aromatic hydroxyl groups is 1. The van der Waals surface area contributed by atoms with Crippen molar-refractivity contribution in [3.8, 4) is 5.75 Å². The van der Waals surface area contributed by atoms with Crippen molar-refractivity contribution in [1.82, 2.24) is 4.98 Å². The monoisotopic (exact) mass is 279 g/mol. The van der Waals surface area contributed by atoms with Gasteiger partial charge in [0.05, 0.1) is 11.3 Å². The zero-order valence-electron chi connectivity index (χ0n) is 9.45. The number of benzene rings is 1. The van der Waals surface area contributed by atoms with Crippen molar-refractivity contribution in [2.24, 2.45) is 0 Å². The van der Waals surface area contributed by atoms with Crippen molar-refractivity contribution in [2.75, 3.05) is 11.1 Å². The number of nitrogens with two attached hydrogens (primary N) is 1. The number of thiazole rings is 1. The summed E-state index contributed by atoms with van der Waals surface area (Å²) < 4.78 is 0. The number of nitrogens with one attached hydrogen (secondary N) is 1. The van der Waals surface area contributed by atoms with Crippen LogP contribution in [0.4, 0.5) is 10.8 Å². The summed E-state index contributed by atoms with van der Waals surface area (Å²) in [5, 5.41) is 22.3. The first-order chi connectivity index (χ1) is 8.97. The number of hydrogen-bond acceptors (Lipinski definition) is 6. The average molecular weight is 279 g/mol. The second kappa shape index (κ2) is 4.94. The fourth-order valence-corrected chi connectivity index (χ4v) is 1.94. The Morgan fingerprint density at radius 2 is 2.11 bits per heavy atom. The van der Waals surface area contributed by atoms with Gasteiger partial charge in [0.2, 0.25) is 0 Å². The summed E-state index contributed by atoms with van der Waals surface area (Å²) in [4.78, 5) is 26.6. The maximum absolute atomic E-state index is 11.8. The number of aromatic carboxylic acids is 1. The number of phenolic OH excluding ortho intramolecular Hbond substituents is 1. The van der Waals surface area contributed by atoms with Gasteiger partial charge < -0.3 is 21.3 Å². The molecule has 7 nitrogen and oxygen atoms in total. The Labute approximate surface area is 111 Å². The van der Waals surface area contributed by atoms with Gasteiger partial charge in [0, 0.05) is 5.38 Å². The quantitative estimate of drug-likeness (QED) is 0.629. The smallest absolute Gasteiger partial charge is 0.337 e. The lowest BCUT2D eigenvalue weighted by Crippen LogP contribution is -2.15. The van der Waals surface area contributed by atoms with E-state index in [2.05, 4.69) is 10.3 Å². The minimum Gasteiger partial charge on any atom is -0.508 e. The summed E-state index contributed by atoms with van der Waals surface area (Å²) in [5.74, 6) is -2.03. The molecule has 0 radical (unpaired) electrons. The third-order valence-electron chi connectivity index (χ3n) is 2.24. The van der Waals surface area contributed by atoms with E-state index in [1.165, 1.54) is 17.5 Å². The van der Waals surface area contributed by atoms with Gasteiger partial charge in [-0.2, -0.15) is 0 Å². The van der Waals surface area contributed by atoms with E-state index in [0.717, 1.165) is 17.4 Å². The van der Waals surface area contributed by atoms with Crippen LogP contribution in [-0.4, -0.2) is 27.1 Å². The van der Waals surface area contributed by atoms with Crippen LogP contribution in [0, 0.1) is 0 Å². The maximum atomic E-state index is 11.8. The molecule has 1 heterocycles. The maximum Gasteiger partial charge on any atom is 0.337 e. The van der Waals surface area contributed by atoms with Gasteiger partial charge in [-0.15, -0.1) is 11.3 Å². The van der Waals surface area contributed by atoms with Crippen LogP contribution in [-0.2, 0) is 0 Å². The molecule has 98 valence electrons. The van der Waals surface area contributed by atoms with Gasteiger partial charge in [0.1, 0.15) is 11.4 Å². The van der Waals surface area contributed by atoms with Crippen LogP contribution in [0.25, 0.3) is 0 Å². The number of nitrogens with zero attached hydrogens (tertiary/aromatic N) is 1. The number of carbonyl (C=O) groups excluding carboxylic acids is 1.